The normalized spacial score (nSPS) is 11.4. The van der Waals surface area contributed by atoms with Crippen LogP contribution < -0.4 is 0 Å². The first kappa shape index (κ1) is 10.3. The summed E-state index contributed by atoms with van der Waals surface area (Å²) in [6.45, 7) is 9.53. The van der Waals surface area contributed by atoms with Gasteiger partial charge in [-0.15, -0.1) is 6.58 Å². The molecule has 0 fully saturated rings. The lowest BCUT2D eigenvalue weighted by Gasteiger charge is -2.11. The Bertz CT molecular complexity index is 396. The van der Waals surface area contributed by atoms with Crippen molar-refractivity contribution in [1.29, 1.82) is 5.26 Å². The lowest BCUT2D eigenvalue weighted by Crippen LogP contribution is -1.95. The molecule has 0 aliphatic heterocycles. The lowest BCUT2D eigenvalue weighted by atomic mass is 9.93. The van der Waals surface area contributed by atoms with Gasteiger partial charge in [0.2, 0.25) is 0 Å². The average molecular weight is 183 g/mol. The van der Waals surface area contributed by atoms with Gasteiger partial charge in [0.15, 0.2) is 0 Å². The maximum absolute atomic E-state index is 8.90. The van der Waals surface area contributed by atoms with Crippen LogP contribution in [0.25, 0.3) is 6.08 Å². The van der Waals surface area contributed by atoms with Crippen molar-refractivity contribution in [2.45, 2.75) is 12.8 Å². The largest absolute Gasteiger partial charge is 0.192 e. The molecule has 0 aliphatic rings. The minimum atomic E-state index is 0.247. The number of nitrogens with zero attached hydrogens (tertiary/aromatic N) is 1. The first-order valence-corrected chi connectivity index (χ1v) is 4.52. The van der Waals surface area contributed by atoms with Gasteiger partial charge in [0.25, 0.3) is 0 Å². The Hall–Kier alpha value is -1.81. The van der Waals surface area contributed by atoms with E-state index in [1.54, 1.807) is 12.1 Å². The molecule has 1 nitrogen and oxygen atoms in total. The van der Waals surface area contributed by atoms with Crippen LogP contribution >= 0.6 is 0 Å². The van der Waals surface area contributed by atoms with E-state index in [0.717, 1.165) is 11.1 Å². The van der Waals surface area contributed by atoms with Crippen molar-refractivity contribution in [2.75, 3.05) is 0 Å². The number of allylic oxidation sites excluding steroid dienone is 1. The molecule has 0 N–H and O–H groups in total. The molecule has 70 valence electrons. The molecule has 1 atom stereocenters. The molecular formula is C13H13N. The third kappa shape index (κ3) is 1.75. The number of rotatable bonds is 3. The molecule has 1 aromatic carbocycles. The van der Waals surface area contributed by atoms with Crippen LogP contribution in [0.3, 0.4) is 0 Å². The number of hydrogen-bond acceptors (Lipinski definition) is 1. The molecule has 0 aromatic heterocycles. The Balaban J connectivity index is 3.37. The van der Waals surface area contributed by atoms with E-state index in [2.05, 4.69) is 26.2 Å². The smallest absolute Gasteiger partial charge is 0.0998 e. The molecule has 0 aliphatic carbocycles. The molecule has 1 aromatic rings. The van der Waals surface area contributed by atoms with E-state index < -0.39 is 0 Å². The zero-order valence-corrected chi connectivity index (χ0v) is 8.33. The van der Waals surface area contributed by atoms with Crippen LogP contribution in [0.2, 0.25) is 0 Å². The van der Waals surface area contributed by atoms with Gasteiger partial charge in [-0.3, -0.25) is 0 Å². The van der Waals surface area contributed by atoms with Crippen molar-refractivity contribution in [3.63, 3.8) is 0 Å². The SMILES string of the molecule is C=Cc1c(C#N)cccc1C(C)C=C. The van der Waals surface area contributed by atoms with Gasteiger partial charge < -0.3 is 0 Å². The van der Waals surface area contributed by atoms with Crippen molar-refractivity contribution < 1.29 is 0 Å². The van der Waals surface area contributed by atoms with Crippen molar-refractivity contribution in [3.05, 3.63) is 54.1 Å². The molecule has 0 bridgehead atoms. The number of hydrogen-bond donors (Lipinski definition) is 0. The van der Waals surface area contributed by atoms with E-state index in [9.17, 15) is 0 Å². The monoisotopic (exact) mass is 183 g/mol. The van der Waals surface area contributed by atoms with E-state index >= 15 is 0 Å². The fourth-order valence-corrected chi connectivity index (χ4v) is 1.43. The van der Waals surface area contributed by atoms with Crippen molar-refractivity contribution in [2.24, 2.45) is 0 Å². The Morgan fingerprint density at radius 3 is 2.64 bits per heavy atom. The standard InChI is InChI=1S/C13H13N/c1-4-10(3)13-8-6-7-11(9-14)12(13)5-2/h4-8,10H,1-2H2,3H3. The van der Waals surface area contributed by atoms with Gasteiger partial charge in [0, 0.05) is 0 Å². The third-order valence-corrected chi connectivity index (χ3v) is 2.31. The fourth-order valence-electron chi connectivity index (χ4n) is 1.43. The minimum absolute atomic E-state index is 0.247. The summed E-state index contributed by atoms with van der Waals surface area (Å²) in [6.07, 6.45) is 3.59. The zero-order chi connectivity index (χ0) is 10.6. The molecule has 0 spiro atoms. The summed E-state index contributed by atoms with van der Waals surface area (Å²) in [4.78, 5) is 0. The highest BCUT2D eigenvalue weighted by Gasteiger charge is 2.08. The Kier molecular flexibility index (Phi) is 3.25. The minimum Gasteiger partial charge on any atom is -0.192 e. The summed E-state index contributed by atoms with van der Waals surface area (Å²) in [6, 6.07) is 7.86. The Morgan fingerprint density at radius 2 is 2.14 bits per heavy atom. The van der Waals surface area contributed by atoms with Crippen molar-refractivity contribution in [1.82, 2.24) is 0 Å². The highest BCUT2D eigenvalue weighted by atomic mass is 14.2. The van der Waals surface area contributed by atoms with Gasteiger partial charge >= 0.3 is 0 Å². The van der Waals surface area contributed by atoms with Gasteiger partial charge in [0.05, 0.1) is 11.6 Å². The van der Waals surface area contributed by atoms with Crippen LogP contribution in [0, 0.1) is 11.3 Å². The maximum atomic E-state index is 8.90. The zero-order valence-electron chi connectivity index (χ0n) is 8.33. The molecule has 0 saturated heterocycles. The van der Waals surface area contributed by atoms with E-state index in [4.69, 9.17) is 5.26 Å². The predicted molar refractivity (Wildman–Crippen MR) is 59.9 cm³/mol. The highest BCUT2D eigenvalue weighted by molar-refractivity contribution is 5.61. The summed E-state index contributed by atoms with van der Waals surface area (Å²) in [5.41, 5.74) is 2.70. The van der Waals surface area contributed by atoms with Crippen LogP contribution in [0.4, 0.5) is 0 Å². The average Bonchev–Trinajstić information content (AvgIpc) is 2.26. The maximum Gasteiger partial charge on any atom is 0.0998 e. The first-order valence-electron chi connectivity index (χ1n) is 4.52. The molecule has 1 unspecified atom stereocenters. The highest BCUT2D eigenvalue weighted by Crippen LogP contribution is 2.24. The van der Waals surface area contributed by atoms with Gasteiger partial charge in [-0.25, -0.2) is 0 Å². The molecule has 0 amide bonds. The molecule has 0 saturated carbocycles. The lowest BCUT2D eigenvalue weighted by molar-refractivity contribution is 0.966. The van der Waals surface area contributed by atoms with Crippen LogP contribution in [-0.4, -0.2) is 0 Å². The van der Waals surface area contributed by atoms with E-state index in [-0.39, 0.29) is 5.92 Å². The molecule has 14 heavy (non-hydrogen) atoms. The Morgan fingerprint density at radius 1 is 1.43 bits per heavy atom. The second-order valence-electron chi connectivity index (χ2n) is 3.15. The van der Waals surface area contributed by atoms with Gasteiger partial charge in [-0.1, -0.05) is 37.8 Å². The van der Waals surface area contributed by atoms with Crippen LogP contribution in [0.1, 0.15) is 29.5 Å². The summed E-state index contributed by atoms with van der Waals surface area (Å²) in [5.74, 6) is 0.247. The molecule has 0 radical (unpaired) electrons. The fraction of sp³-hybridized carbons (Fsp3) is 0.154. The van der Waals surface area contributed by atoms with E-state index in [1.165, 1.54) is 0 Å². The second-order valence-corrected chi connectivity index (χ2v) is 3.15. The number of nitriles is 1. The van der Waals surface area contributed by atoms with Crippen molar-refractivity contribution >= 4 is 6.08 Å². The summed E-state index contributed by atoms with van der Waals surface area (Å²) in [5, 5.41) is 8.90. The number of benzene rings is 1. The predicted octanol–water partition coefficient (Wildman–Crippen LogP) is 3.49. The van der Waals surface area contributed by atoms with Crippen LogP contribution in [-0.2, 0) is 0 Å². The summed E-state index contributed by atoms with van der Waals surface area (Å²) >= 11 is 0. The summed E-state index contributed by atoms with van der Waals surface area (Å²) < 4.78 is 0. The first-order chi connectivity index (χ1) is 6.74. The van der Waals surface area contributed by atoms with E-state index in [0.29, 0.717) is 5.56 Å². The van der Waals surface area contributed by atoms with Gasteiger partial charge in [-0.05, 0) is 23.1 Å². The van der Waals surface area contributed by atoms with Gasteiger partial charge in [-0.2, -0.15) is 5.26 Å². The van der Waals surface area contributed by atoms with Crippen LogP contribution in [0.15, 0.2) is 37.4 Å². The molecule has 0 heterocycles. The summed E-state index contributed by atoms with van der Waals surface area (Å²) in [7, 11) is 0. The van der Waals surface area contributed by atoms with E-state index in [1.807, 2.05) is 18.2 Å². The van der Waals surface area contributed by atoms with Crippen LogP contribution in [0.5, 0.6) is 0 Å². The Labute approximate surface area is 85.0 Å². The molecule has 1 rings (SSSR count). The van der Waals surface area contributed by atoms with Crippen molar-refractivity contribution in [3.8, 4) is 6.07 Å². The molecule has 1 heteroatoms. The molecular weight excluding hydrogens is 170 g/mol. The van der Waals surface area contributed by atoms with Gasteiger partial charge in [0.1, 0.15) is 0 Å². The quantitative estimate of drug-likeness (QED) is 0.658. The topological polar surface area (TPSA) is 23.8 Å². The second kappa shape index (κ2) is 4.43. The third-order valence-electron chi connectivity index (χ3n) is 2.31.